The molecule has 0 aliphatic rings. The summed E-state index contributed by atoms with van der Waals surface area (Å²) < 4.78 is 13.6. The Kier molecular flexibility index (Phi) is 5.00. The van der Waals surface area contributed by atoms with Crippen molar-refractivity contribution in [2.45, 2.75) is 18.9 Å². The third-order valence-electron chi connectivity index (χ3n) is 3.48. The molecule has 0 bridgehead atoms. The van der Waals surface area contributed by atoms with Crippen molar-refractivity contribution in [3.05, 3.63) is 75.6 Å². The van der Waals surface area contributed by atoms with Gasteiger partial charge in [0.1, 0.15) is 0 Å². The lowest BCUT2D eigenvalue weighted by Crippen LogP contribution is -2.17. The number of rotatable bonds is 6. The van der Waals surface area contributed by atoms with E-state index in [0.29, 0.717) is 6.42 Å². The summed E-state index contributed by atoms with van der Waals surface area (Å²) >= 11 is 0. The number of hydrogen-bond donors (Lipinski definition) is 1. The van der Waals surface area contributed by atoms with Gasteiger partial charge < -0.3 is 5.32 Å². The van der Waals surface area contributed by atoms with Crippen molar-refractivity contribution in [3.8, 4) is 0 Å². The van der Waals surface area contributed by atoms with Crippen LogP contribution in [0.1, 0.15) is 23.6 Å². The van der Waals surface area contributed by atoms with Crippen LogP contribution < -0.4 is 5.32 Å². The average Bonchev–Trinajstić information content (AvgIpc) is 2.48. The summed E-state index contributed by atoms with van der Waals surface area (Å²) in [7, 11) is 1.88. The van der Waals surface area contributed by atoms with E-state index in [1.54, 1.807) is 6.07 Å². The standard InChI is InChI=1S/C16H17FN2O2/c1-18-15(13-5-3-2-4-6-13)9-7-12-8-10-16(19(20)21)14(17)11-12/h2-6,8,10-11,15,18H,7,9H2,1H3. The Balaban J connectivity index is 2.05. The van der Waals surface area contributed by atoms with Crippen LogP contribution in [0.4, 0.5) is 10.1 Å². The zero-order valence-electron chi connectivity index (χ0n) is 11.8. The number of nitro groups is 1. The highest BCUT2D eigenvalue weighted by molar-refractivity contribution is 5.35. The fraction of sp³-hybridized carbons (Fsp3) is 0.250. The molecule has 1 N–H and O–H groups in total. The maximum Gasteiger partial charge on any atom is 0.304 e. The van der Waals surface area contributed by atoms with Crippen LogP contribution in [0.2, 0.25) is 0 Å². The first-order valence-electron chi connectivity index (χ1n) is 6.77. The molecule has 2 rings (SSSR count). The Morgan fingerprint density at radius 3 is 2.52 bits per heavy atom. The lowest BCUT2D eigenvalue weighted by atomic mass is 9.99. The van der Waals surface area contributed by atoms with Gasteiger partial charge in [0.2, 0.25) is 5.82 Å². The smallest absolute Gasteiger partial charge is 0.304 e. The van der Waals surface area contributed by atoms with Crippen molar-refractivity contribution in [2.75, 3.05) is 7.05 Å². The fourth-order valence-electron chi connectivity index (χ4n) is 2.33. The molecular weight excluding hydrogens is 271 g/mol. The van der Waals surface area contributed by atoms with Gasteiger partial charge in [-0.15, -0.1) is 0 Å². The molecule has 1 atom stereocenters. The molecule has 0 amide bonds. The van der Waals surface area contributed by atoms with Crippen molar-refractivity contribution >= 4 is 5.69 Å². The first kappa shape index (κ1) is 15.1. The second-order valence-electron chi connectivity index (χ2n) is 4.83. The van der Waals surface area contributed by atoms with E-state index in [1.165, 1.54) is 17.7 Å². The number of aryl methyl sites for hydroxylation is 1. The van der Waals surface area contributed by atoms with Crippen LogP contribution in [0.25, 0.3) is 0 Å². The maximum absolute atomic E-state index is 13.6. The minimum atomic E-state index is -0.779. The van der Waals surface area contributed by atoms with Crippen LogP contribution in [0.15, 0.2) is 48.5 Å². The van der Waals surface area contributed by atoms with Crippen LogP contribution in [-0.4, -0.2) is 12.0 Å². The van der Waals surface area contributed by atoms with E-state index >= 15 is 0 Å². The minimum Gasteiger partial charge on any atom is -0.313 e. The largest absolute Gasteiger partial charge is 0.313 e. The number of benzene rings is 2. The molecule has 0 saturated heterocycles. The van der Waals surface area contributed by atoms with Crippen molar-refractivity contribution in [2.24, 2.45) is 0 Å². The summed E-state index contributed by atoms with van der Waals surface area (Å²) in [5.41, 5.74) is 1.45. The highest BCUT2D eigenvalue weighted by Crippen LogP contribution is 2.22. The van der Waals surface area contributed by atoms with Gasteiger partial charge in [0.25, 0.3) is 0 Å². The Hall–Kier alpha value is -2.27. The van der Waals surface area contributed by atoms with Gasteiger partial charge in [-0.1, -0.05) is 36.4 Å². The second kappa shape index (κ2) is 6.95. The van der Waals surface area contributed by atoms with Crippen LogP contribution in [0.3, 0.4) is 0 Å². The second-order valence-corrected chi connectivity index (χ2v) is 4.83. The quantitative estimate of drug-likeness (QED) is 0.652. The number of nitrogens with zero attached hydrogens (tertiary/aromatic N) is 1. The highest BCUT2D eigenvalue weighted by atomic mass is 19.1. The molecule has 110 valence electrons. The van der Waals surface area contributed by atoms with E-state index in [-0.39, 0.29) is 6.04 Å². The van der Waals surface area contributed by atoms with Gasteiger partial charge >= 0.3 is 5.69 Å². The van der Waals surface area contributed by atoms with E-state index in [4.69, 9.17) is 0 Å². The third-order valence-corrected chi connectivity index (χ3v) is 3.48. The number of halogens is 1. The zero-order chi connectivity index (χ0) is 15.2. The normalized spacial score (nSPS) is 12.1. The van der Waals surface area contributed by atoms with Crippen molar-refractivity contribution in [1.82, 2.24) is 5.32 Å². The predicted molar refractivity (Wildman–Crippen MR) is 79.6 cm³/mol. The summed E-state index contributed by atoms with van der Waals surface area (Å²) in [6.45, 7) is 0. The van der Waals surface area contributed by atoms with E-state index in [2.05, 4.69) is 5.32 Å². The molecule has 5 heteroatoms. The molecule has 0 aliphatic carbocycles. The van der Waals surface area contributed by atoms with Crippen molar-refractivity contribution in [3.63, 3.8) is 0 Å². The fourth-order valence-corrected chi connectivity index (χ4v) is 2.33. The van der Waals surface area contributed by atoms with E-state index in [9.17, 15) is 14.5 Å². The SMILES string of the molecule is CNC(CCc1ccc([N+](=O)[O-])c(F)c1)c1ccccc1. The van der Waals surface area contributed by atoms with Crippen molar-refractivity contribution < 1.29 is 9.31 Å². The van der Waals surface area contributed by atoms with Gasteiger partial charge in [0, 0.05) is 12.1 Å². The van der Waals surface area contributed by atoms with Gasteiger partial charge in [-0.25, -0.2) is 0 Å². The lowest BCUT2D eigenvalue weighted by molar-refractivity contribution is -0.387. The average molecular weight is 288 g/mol. The summed E-state index contributed by atoms with van der Waals surface area (Å²) in [5, 5.41) is 13.8. The molecule has 2 aromatic rings. The predicted octanol–water partition coefficient (Wildman–Crippen LogP) is 3.63. The Morgan fingerprint density at radius 1 is 1.24 bits per heavy atom. The monoisotopic (exact) mass is 288 g/mol. The van der Waals surface area contributed by atoms with Gasteiger partial charge in [0.15, 0.2) is 0 Å². The van der Waals surface area contributed by atoms with E-state index in [0.717, 1.165) is 12.0 Å². The van der Waals surface area contributed by atoms with Gasteiger partial charge in [0.05, 0.1) is 4.92 Å². The number of nitro benzene ring substituents is 1. The molecule has 0 aliphatic heterocycles. The topological polar surface area (TPSA) is 55.2 Å². The summed E-state index contributed by atoms with van der Waals surface area (Å²) in [6, 6.07) is 14.2. The summed E-state index contributed by atoms with van der Waals surface area (Å²) in [6.07, 6.45) is 1.44. The Labute approximate surface area is 122 Å². The first-order chi connectivity index (χ1) is 10.1. The molecule has 0 radical (unpaired) electrons. The van der Waals surface area contributed by atoms with Gasteiger partial charge in [-0.05, 0) is 37.1 Å². The molecular formula is C16H17FN2O2. The molecule has 1 unspecified atom stereocenters. The molecule has 0 spiro atoms. The molecule has 2 aromatic carbocycles. The highest BCUT2D eigenvalue weighted by Gasteiger charge is 2.15. The molecule has 0 fully saturated rings. The zero-order valence-corrected chi connectivity index (χ0v) is 11.8. The van der Waals surface area contributed by atoms with E-state index in [1.807, 2.05) is 37.4 Å². The van der Waals surface area contributed by atoms with Crippen LogP contribution in [-0.2, 0) is 6.42 Å². The van der Waals surface area contributed by atoms with Crippen LogP contribution in [0.5, 0.6) is 0 Å². The Bertz CT molecular complexity index is 617. The lowest BCUT2D eigenvalue weighted by Gasteiger charge is -2.16. The van der Waals surface area contributed by atoms with Crippen molar-refractivity contribution in [1.29, 1.82) is 0 Å². The molecule has 21 heavy (non-hydrogen) atoms. The van der Waals surface area contributed by atoms with Gasteiger partial charge in [-0.3, -0.25) is 10.1 Å². The maximum atomic E-state index is 13.6. The van der Waals surface area contributed by atoms with Gasteiger partial charge in [-0.2, -0.15) is 4.39 Å². The van der Waals surface area contributed by atoms with Crippen LogP contribution >= 0.6 is 0 Å². The molecule has 0 saturated carbocycles. The van der Waals surface area contributed by atoms with E-state index < -0.39 is 16.4 Å². The summed E-state index contributed by atoms with van der Waals surface area (Å²) in [5.74, 6) is -0.779. The van der Waals surface area contributed by atoms with Crippen LogP contribution in [0, 0.1) is 15.9 Å². The minimum absolute atomic E-state index is 0.171. The first-order valence-corrected chi connectivity index (χ1v) is 6.77. The molecule has 0 aromatic heterocycles. The molecule has 4 nitrogen and oxygen atoms in total. The third kappa shape index (κ3) is 3.86. The number of nitrogens with one attached hydrogen (secondary N) is 1. The summed E-state index contributed by atoms with van der Waals surface area (Å²) in [4.78, 5) is 9.88. The Morgan fingerprint density at radius 2 is 1.95 bits per heavy atom. The number of hydrogen-bond acceptors (Lipinski definition) is 3. The molecule has 0 heterocycles.